The highest BCUT2D eigenvalue weighted by Crippen LogP contribution is 2.32. The van der Waals surface area contributed by atoms with Crippen molar-refractivity contribution >= 4 is 11.9 Å². The van der Waals surface area contributed by atoms with Gasteiger partial charge in [0, 0.05) is 30.9 Å². The first-order valence-corrected chi connectivity index (χ1v) is 7.09. The molecular weight excluding hydrogens is 230 g/mol. The average molecular weight is 252 g/mol. The molecule has 1 amide bonds. The molecule has 4 heteroatoms. The van der Waals surface area contributed by atoms with Gasteiger partial charge < -0.3 is 14.8 Å². The van der Waals surface area contributed by atoms with Crippen LogP contribution in [-0.2, 0) is 9.59 Å². The maximum Gasteiger partial charge on any atom is 0.226 e. The van der Waals surface area contributed by atoms with Gasteiger partial charge in [0.05, 0.1) is 0 Å². The molecule has 2 rings (SSSR count). The number of carbonyl (C=O) groups is 2. The number of amides is 1. The third kappa shape index (κ3) is 2.85. The van der Waals surface area contributed by atoms with E-state index in [1.54, 1.807) is 0 Å². The molecule has 2 aliphatic rings. The molecule has 0 N–H and O–H groups in total. The summed E-state index contributed by atoms with van der Waals surface area (Å²) >= 11 is 0. The lowest BCUT2D eigenvalue weighted by Gasteiger charge is -2.37. The second-order valence-corrected chi connectivity index (χ2v) is 5.82. The highest BCUT2D eigenvalue weighted by Gasteiger charge is 2.35. The fourth-order valence-electron chi connectivity index (χ4n) is 3.17. The van der Waals surface area contributed by atoms with E-state index in [1.807, 2.05) is 4.90 Å². The monoisotopic (exact) mass is 252 g/mol. The quantitative estimate of drug-likeness (QED) is 0.730. The summed E-state index contributed by atoms with van der Waals surface area (Å²) < 4.78 is 0. The summed E-state index contributed by atoms with van der Waals surface area (Å²) in [4.78, 5) is 25.4. The summed E-state index contributed by atoms with van der Waals surface area (Å²) in [6.45, 7) is 3.78. The lowest BCUT2D eigenvalue weighted by molar-refractivity contribution is -0.314. The Hall–Kier alpha value is -1.06. The first kappa shape index (κ1) is 13.4. The molecular formula is C14H22NO3-. The Morgan fingerprint density at radius 1 is 1.00 bits per heavy atom. The van der Waals surface area contributed by atoms with Crippen LogP contribution in [0.1, 0.15) is 45.4 Å². The molecule has 1 saturated heterocycles. The van der Waals surface area contributed by atoms with Crippen molar-refractivity contribution in [1.29, 1.82) is 0 Å². The van der Waals surface area contributed by atoms with E-state index < -0.39 is 11.9 Å². The number of carbonyl (C=O) groups excluding carboxylic acids is 2. The van der Waals surface area contributed by atoms with Gasteiger partial charge in [0.1, 0.15) is 0 Å². The highest BCUT2D eigenvalue weighted by atomic mass is 16.4. The van der Waals surface area contributed by atoms with Crippen LogP contribution in [0.5, 0.6) is 0 Å². The van der Waals surface area contributed by atoms with Gasteiger partial charge in [-0.2, -0.15) is 0 Å². The molecule has 0 spiro atoms. The predicted octanol–water partition coefficient (Wildman–Crippen LogP) is 0.801. The summed E-state index contributed by atoms with van der Waals surface area (Å²) in [6, 6.07) is 0. The van der Waals surface area contributed by atoms with Crippen LogP contribution in [0.2, 0.25) is 0 Å². The zero-order chi connectivity index (χ0) is 13.1. The molecule has 102 valence electrons. The number of carboxylic acid groups (broad SMARTS) is 1. The van der Waals surface area contributed by atoms with E-state index in [4.69, 9.17) is 0 Å². The normalized spacial score (nSPS) is 30.2. The van der Waals surface area contributed by atoms with Crippen molar-refractivity contribution in [3.63, 3.8) is 0 Å². The minimum Gasteiger partial charge on any atom is -0.550 e. The van der Waals surface area contributed by atoms with Gasteiger partial charge in [0.15, 0.2) is 0 Å². The van der Waals surface area contributed by atoms with Crippen molar-refractivity contribution in [1.82, 2.24) is 4.90 Å². The summed E-state index contributed by atoms with van der Waals surface area (Å²) in [6.07, 6.45) is 5.25. The van der Waals surface area contributed by atoms with E-state index in [0.717, 1.165) is 38.8 Å². The van der Waals surface area contributed by atoms with Gasteiger partial charge in [-0.15, -0.1) is 0 Å². The smallest absolute Gasteiger partial charge is 0.226 e. The number of aliphatic carboxylic acids is 1. The van der Waals surface area contributed by atoms with Crippen LogP contribution in [0.3, 0.4) is 0 Å². The Kier molecular flexibility index (Phi) is 4.25. The molecule has 18 heavy (non-hydrogen) atoms. The molecule has 0 aromatic carbocycles. The van der Waals surface area contributed by atoms with Crippen LogP contribution in [0.4, 0.5) is 0 Å². The SMILES string of the molecule is CC1CCN(C(=O)[C@@H]2CCCC[C@@H]2C(=O)[O-])CC1. The number of rotatable bonds is 2. The van der Waals surface area contributed by atoms with E-state index in [2.05, 4.69) is 6.92 Å². The molecule has 0 aromatic heterocycles. The van der Waals surface area contributed by atoms with Gasteiger partial charge in [0.25, 0.3) is 0 Å². The number of hydrogen-bond acceptors (Lipinski definition) is 3. The van der Waals surface area contributed by atoms with E-state index in [9.17, 15) is 14.7 Å². The number of piperidine rings is 1. The fraction of sp³-hybridized carbons (Fsp3) is 0.857. The summed E-state index contributed by atoms with van der Waals surface area (Å²) in [5, 5.41) is 11.1. The predicted molar refractivity (Wildman–Crippen MR) is 65.4 cm³/mol. The van der Waals surface area contributed by atoms with Crippen molar-refractivity contribution in [2.24, 2.45) is 17.8 Å². The number of carboxylic acids is 1. The van der Waals surface area contributed by atoms with Crippen LogP contribution >= 0.6 is 0 Å². The zero-order valence-electron chi connectivity index (χ0n) is 11.1. The molecule has 1 heterocycles. The summed E-state index contributed by atoms with van der Waals surface area (Å²) in [5.41, 5.74) is 0. The van der Waals surface area contributed by atoms with Crippen LogP contribution in [0.15, 0.2) is 0 Å². The molecule has 0 radical (unpaired) electrons. The van der Waals surface area contributed by atoms with E-state index in [0.29, 0.717) is 18.8 Å². The first-order chi connectivity index (χ1) is 8.59. The van der Waals surface area contributed by atoms with E-state index >= 15 is 0 Å². The molecule has 1 saturated carbocycles. The lowest BCUT2D eigenvalue weighted by Crippen LogP contribution is -2.48. The van der Waals surface area contributed by atoms with Crippen LogP contribution in [0, 0.1) is 17.8 Å². The minimum absolute atomic E-state index is 0.0517. The Morgan fingerprint density at radius 3 is 2.11 bits per heavy atom. The van der Waals surface area contributed by atoms with Crippen molar-refractivity contribution in [2.45, 2.75) is 45.4 Å². The second-order valence-electron chi connectivity index (χ2n) is 5.82. The average Bonchev–Trinajstić information content (AvgIpc) is 2.39. The van der Waals surface area contributed by atoms with Gasteiger partial charge in [-0.1, -0.05) is 19.8 Å². The number of likely N-dealkylation sites (tertiary alicyclic amines) is 1. The molecule has 1 aliphatic carbocycles. The number of hydrogen-bond donors (Lipinski definition) is 0. The number of nitrogens with zero attached hydrogens (tertiary/aromatic N) is 1. The van der Waals surface area contributed by atoms with Crippen molar-refractivity contribution in [3.05, 3.63) is 0 Å². The maximum absolute atomic E-state index is 12.4. The maximum atomic E-state index is 12.4. The second kappa shape index (κ2) is 5.72. The molecule has 4 nitrogen and oxygen atoms in total. The van der Waals surface area contributed by atoms with Gasteiger partial charge >= 0.3 is 0 Å². The Balaban J connectivity index is 2.00. The van der Waals surface area contributed by atoms with Gasteiger partial charge in [0.2, 0.25) is 5.91 Å². The van der Waals surface area contributed by atoms with Crippen LogP contribution < -0.4 is 5.11 Å². The molecule has 0 unspecified atom stereocenters. The topological polar surface area (TPSA) is 60.4 Å². The summed E-state index contributed by atoms with van der Waals surface area (Å²) in [5.74, 6) is -1.21. The zero-order valence-corrected chi connectivity index (χ0v) is 11.1. The Morgan fingerprint density at radius 2 is 1.56 bits per heavy atom. The molecule has 1 aliphatic heterocycles. The highest BCUT2D eigenvalue weighted by molar-refractivity contribution is 5.84. The van der Waals surface area contributed by atoms with E-state index in [-0.39, 0.29) is 11.8 Å². The van der Waals surface area contributed by atoms with Crippen molar-refractivity contribution in [3.8, 4) is 0 Å². The third-order valence-electron chi connectivity index (χ3n) is 4.48. The Labute approximate surface area is 108 Å². The van der Waals surface area contributed by atoms with Crippen molar-refractivity contribution in [2.75, 3.05) is 13.1 Å². The van der Waals surface area contributed by atoms with Crippen LogP contribution in [-0.4, -0.2) is 29.9 Å². The molecule has 2 fully saturated rings. The fourth-order valence-corrected chi connectivity index (χ4v) is 3.17. The van der Waals surface area contributed by atoms with Crippen LogP contribution in [0.25, 0.3) is 0 Å². The molecule has 2 atom stereocenters. The Bertz CT molecular complexity index is 321. The van der Waals surface area contributed by atoms with Crippen molar-refractivity contribution < 1.29 is 14.7 Å². The van der Waals surface area contributed by atoms with E-state index in [1.165, 1.54) is 0 Å². The van der Waals surface area contributed by atoms with Gasteiger partial charge in [-0.3, -0.25) is 4.79 Å². The standard InChI is InChI=1S/C14H23NO3/c1-10-6-8-15(9-7-10)13(16)11-4-2-3-5-12(11)14(17)18/h10-12H,2-9H2,1H3,(H,17,18)/p-1/t11-,12+/m1/s1. The third-order valence-corrected chi connectivity index (χ3v) is 4.48. The largest absolute Gasteiger partial charge is 0.550 e. The minimum atomic E-state index is -1.04. The summed E-state index contributed by atoms with van der Waals surface area (Å²) in [7, 11) is 0. The first-order valence-electron chi connectivity index (χ1n) is 7.09. The molecule has 0 aromatic rings. The molecule has 0 bridgehead atoms. The lowest BCUT2D eigenvalue weighted by atomic mass is 9.78. The van der Waals surface area contributed by atoms with Gasteiger partial charge in [-0.05, 0) is 31.6 Å². The van der Waals surface area contributed by atoms with Gasteiger partial charge in [-0.25, -0.2) is 0 Å².